The highest BCUT2D eigenvalue weighted by atomic mass is 32.2. The Kier molecular flexibility index (Phi) is 4.22. The van der Waals surface area contributed by atoms with Crippen molar-refractivity contribution in [1.29, 1.82) is 0 Å². The molecule has 0 saturated carbocycles. The van der Waals surface area contributed by atoms with Crippen LogP contribution in [0.5, 0.6) is 0 Å². The maximum Gasteiger partial charge on any atom is 0.320 e. The number of carboxylic acids is 1. The molecule has 0 amide bonds. The number of carboxylic acid groups (broad SMARTS) is 1. The van der Waals surface area contributed by atoms with Gasteiger partial charge in [-0.25, -0.2) is 0 Å². The molecule has 0 radical (unpaired) electrons. The van der Waals surface area contributed by atoms with Gasteiger partial charge in [0.15, 0.2) is 0 Å². The summed E-state index contributed by atoms with van der Waals surface area (Å²) in [5, 5.41) is 8.27. The van der Waals surface area contributed by atoms with Gasteiger partial charge in [-0.1, -0.05) is 0 Å². The molecule has 0 aromatic heterocycles. The van der Waals surface area contributed by atoms with E-state index < -0.39 is 22.8 Å². The molecule has 0 aromatic carbocycles. The molecule has 0 aliphatic rings. The van der Waals surface area contributed by atoms with Crippen molar-refractivity contribution < 1.29 is 14.1 Å². The molecular formula is C5H11NO3S. The number of hydrogen-bond donors (Lipinski definition) is 2. The first-order valence-corrected chi connectivity index (χ1v) is 4.55. The number of rotatable bonds is 4. The molecule has 3 N–H and O–H groups in total. The normalized spacial score (nSPS) is 16.2. The molecule has 0 heterocycles. The molecule has 4 nitrogen and oxygen atoms in total. The molecule has 0 aliphatic carbocycles. The molecule has 2 atom stereocenters. The Morgan fingerprint density at radius 3 is 2.60 bits per heavy atom. The summed E-state index contributed by atoms with van der Waals surface area (Å²) in [4.78, 5) is 10.1. The van der Waals surface area contributed by atoms with E-state index >= 15 is 0 Å². The second-order valence-corrected chi connectivity index (χ2v) is 3.57. The van der Waals surface area contributed by atoms with Gasteiger partial charge in [-0.2, -0.15) is 0 Å². The third-order valence-electron chi connectivity index (χ3n) is 1.03. The maximum atomic E-state index is 10.4. The monoisotopic (exact) mass is 165 g/mol. The van der Waals surface area contributed by atoms with Gasteiger partial charge in [0.2, 0.25) is 0 Å². The number of hydrogen-bond acceptors (Lipinski definition) is 3. The van der Waals surface area contributed by atoms with E-state index in [1.54, 1.807) is 0 Å². The lowest BCUT2D eigenvalue weighted by atomic mass is 10.2. The first-order chi connectivity index (χ1) is 4.54. The number of carbonyl (C=O) groups is 1. The third-order valence-corrected chi connectivity index (χ3v) is 1.84. The summed E-state index contributed by atoms with van der Waals surface area (Å²) in [6, 6.07) is -0.871. The quantitative estimate of drug-likeness (QED) is 0.569. The minimum atomic E-state index is -1.04. The van der Waals surface area contributed by atoms with Crippen molar-refractivity contribution >= 4 is 16.8 Å². The van der Waals surface area contributed by atoms with Crippen LogP contribution in [0.25, 0.3) is 0 Å². The van der Waals surface area contributed by atoms with Gasteiger partial charge in [0, 0.05) is 22.8 Å². The zero-order chi connectivity index (χ0) is 8.15. The lowest BCUT2D eigenvalue weighted by Crippen LogP contribution is -2.31. The van der Waals surface area contributed by atoms with E-state index in [2.05, 4.69) is 0 Å². The van der Waals surface area contributed by atoms with Crippen molar-refractivity contribution in [2.45, 2.75) is 12.5 Å². The summed E-state index contributed by atoms with van der Waals surface area (Å²) < 4.78 is 10.4. The molecule has 0 saturated heterocycles. The molecule has 0 aromatic rings. The number of aliphatic carboxylic acids is 1. The molecule has 10 heavy (non-hydrogen) atoms. The highest BCUT2D eigenvalue weighted by molar-refractivity contribution is 7.84. The van der Waals surface area contributed by atoms with E-state index in [4.69, 9.17) is 10.8 Å². The van der Waals surface area contributed by atoms with Crippen LogP contribution >= 0.6 is 0 Å². The summed E-state index contributed by atoms with van der Waals surface area (Å²) in [7, 11) is -0.946. The summed E-state index contributed by atoms with van der Waals surface area (Å²) in [6.45, 7) is 0. The average molecular weight is 165 g/mol. The summed E-state index contributed by atoms with van der Waals surface area (Å²) in [5.41, 5.74) is 5.13. The van der Waals surface area contributed by atoms with Gasteiger partial charge in [0.05, 0.1) is 0 Å². The smallest absolute Gasteiger partial charge is 0.320 e. The van der Waals surface area contributed by atoms with Crippen molar-refractivity contribution in [3.63, 3.8) is 0 Å². The van der Waals surface area contributed by atoms with Crippen molar-refractivity contribution in [1.82, 2.24) is 0 Å². The predicted octanol–water partition coefficient (Wildman–Crippen LogP) is -0.833. The van der Waals surface area contributed by atoms with Crippen molar-refractivity contribution in [3.8, 4) is 0 Å². The molecule has 0 fully saturated rings. The SMILES string of the molecule is C[S@@](=O)CCC(N)C(=O)O. The molecule has 1 unspecified atom stereocenters. The molecule has 5 heteroatoms. The lowest BCUT2D eigenvalue weighted by molar-refractivity contribution is -0.138. The van der Waals surface area contributed by atoms with Crippen LogP contribution in [-0.4, -0.2) is 33.3 Å². The van der Waals surface area contributed by atoms with Crippen LogP contribution in [0.15, 0.2) is 0 Å². The first kappa shape index (κ1) is 9.58. The molecule has 0 bridgehead atoms. The van der Waals surface area contributed by atoms with Crippen LogP contribution in [0.2, 0.25) is 0 Å². The summed E-state index contributed by atoms with van der Waals surface area (Å²) >= 11 is 0. The van der Waals surface area contributed by atoms with Gasteiger partial charge >= 0.3 is 5.97 Å². The Hall–Kier alpha value is -0.420. The van der Waals surface area contributed by atoms with Crippen LogP contribution in [0.3, 0.4) is 0 Å². The van der Waals surface area contributed by atoms with Crippen LogP contribution in [0, 0.1) is 0 Å². The maximum absolute atomic E-state index is 10.4. The minimum absolute atomic E-state index is 0.276. The van der Waals surface area contributed by atoms with Gasteiger partial charge in [0.25, 0.3) is 0 Å². The molecule has 0 rings (SSSR count). The first-order valence-electron chi connectivity index (χ1n) is 2.82. The zero-order valence-corrected chi connectivity index (χ0v) is 6.56. The summed E-state index contributed by atoms with van der Waals surface area (Å²) in [6.07, 6.45) is 1.80. The van der Waals surface area contributed by atoms with E-state index in [1.165, 1.54) is 6.26 Å². The Morgan fingerprint density at radius 1 is 1.80 bits per heavy atom. The van der Waals surface area contributed by atoms with E-state index in [0.717, 1.165) is 0 Å². The molecule has 0 spiro atoms. The van der Waals surface area contributed by atoms with Gasteiger partial charge in [-0.3, -0.25) is 9.00 Å². The van der Waals surface area contributed by atoms with Crippen molar-refractivity contribution in [2.24, 2.45) is 5.73 Å². The van der Waals surface area contributed by atoms with Crippen LogP contribution < -0.4 is 5.73 Å². The average Bonchev–Trinajstić information content (AvgIpc) is 1.82. The Labute approximate surface area is 61.9 Å². The van der Waals surface area contributed by atoms with E-state index in [-0.39, 0.29) is 6.42 Å². The predicted molar refractivity (Wildman–Crippen MR) is 39.2 cm³/mol. The summed E-state index contributed by atoms with van der Waals surface area (Å²) in [5.74, 6) is -0.682. The van der Waals surface area contributed by atoms with E-state index in [0.29, 0.717) is 5.75 Å². The highest BCUT2D eigenvalue weighted by Gasteiger charge is 2.10. The van der Waals surface area contributed by atoms with Gasteiger partial charge in [-0.15, -0.1) is 0 Å². The third kappa shape index (κ3) is 4.46. The minimum Gasteiger partial charge on any atom is -0.480 e. The topological polar surface area (TPSA) is 80.4 Å². The highest BCUT2D eigenvalue weighted by Crippen LogP contribution is 1.89. The number of nitrogens with two attached hydrogens (primary N) is 1. The van der Waals surface area contributed by atoms with Crippen LogP contribution in [0.4, 0.5) is 0 Å². The van der Waals surface area contributed by atoms with E-state index in [1.807, 2.05) is 0 Å². The zero-order valence-electron chi connectivity index (χ0n) is 5.74. The molecule has 60 valence electrons. The Bertz CT molecular complexity index is 148. The fourth-order valence-corrected chi connectivity index (χ4v) is 1.00. The Morgan fingerprint density at radius 2 is 2.30 bits per heavy atom. The second kappa shape index (κ2) is 4.40. The largest absolute Gasteiger partial charge is 0.480 e. The van der Waals surface area contributed by atoms with Gasteiger partial charge in [0.1, 0.15) is 6.04 Å². The fraction of sp³-hybridized carbons (Fsp3) is 0.800. The van der Waals surface area contributed by atoms with Gasteiger partial charge in [-0.05, 0) is 6.42 Å². The Balaban J connectivity index is 3.49. The molecule has 0 aliphatic heterocycles. The fourth-order valence-electron chi connectivity index (χ4n) is 0.416. The van der Waals surface area contributed by atoms with Crippen molar-refractivity contribution in [2.75, 3.05) is 12.0 Å². The standard InChI is InChI=1S/C5H11NO3S/c1-10(9)3-2-4(6)5(7)8/h4H,2-3,6H2,1H3,(H,7,8)/t4?,10-/m1/s1. The molecular weight excluding hydrogens is 154 g/mol. The van der Waals surface area contributed by atoms with Gasteiger partial charge < -0.3 is 10.8 Å². The lowest BCUT2D eigenvalue weighted by Gasteiger charge is -2.02. The van der Waals surface area contributed by atoms with Crippen LogP contribution in [0.1, 0.15) is 6.42 Å². The van der Waals surface area contributed by atoms with Crippen molar-refractivity contribution in [3.05, 3.63) is 0 Å². The van der Waals surface area contributed by atoms with E-state index in [9.17, 15) is 9.00 Å². The van der Waals surface area contributed by atoms with Crippen LogP contribution in [-0.2, 0) is 15.6 Å². The second-order valence-electron chi connectivity index (χ2n) is 2.01.